The molecule has 1 saturated carbocycles. The van der Waals surface area contributed by atoms with Crippen molar-refractivity contribution in [3.05, 3.63) is 66.0 Å². The number of rotatable bonds is 5. The Kier molecular flexibility index (Phi) is 5.79. The number of nitrogens with two attached hydrogens (primary N) is 1. The minimum atomic E-state index is -0.637. The number of nitrogen functional groups attached to an aromatic ring is 1. The molecule has 5 rings (SSSR count). The van der Waals surface area contributed by atoms with Crippen LogP contribution in [-0.4, -0.2) is 25.8 Å². The van der Waals surface area contributed by atoms with Gasteiger partial charge < -0.3 is 10.5 Å². The molecule has 9 heteroatoms. The van der Waals surface area contributed by atoms with Gasteiger partial charge in [-0.1, -0.05) is 49.2 Å². The maximum atomic E-state index is 12.3. The molecule has 170 valence electrons. The highest BCUT2D eigenvalue weighted by atomic mass is 16.5. The number of carbonyl (C=O) groups excluding carboxylic acids is 1. The summed E-state index contributed by atoms with van der Waals surface area (Å²) in [5, 5.41) is 17.9. The van der Waals surface area contributed by atoms with Gasteiger partial charge in [0.05, 0.1) is 22.7 Å². The normalized spacial score (nSPS) is 13.6. The van der Waals surface area contributed by atoms with E-state index in [2.05, 4.69) is 21.4 Å². The maximum Gasteiger partial charge on any atom is 0.411 e. The maximum absolute atomic E-state index is 12.3. The van der Waals surface area contributed by atoms with Gasteiger partial charge in [0, 0.05) is 5.56 Å². The first kappa shape index (κ1) is 21.4. The number of carbonyl (C=O) groups is 1. The first-order chi connectivity index (χ1) is 16.6. The molecule has 34 heavy (non-hydrogen) atoms. The van der Waals surface area contributed by atoms with E-state index in [1.165, 1.54) is 6.33 Å². The number of ether oxygens (including phenoxy) is 1. The number of hydrogen-bond acceptors (Lipinski definition) is 7. The average molecular weight is 454 g/mol. The second-order valence-corrected chi connectivity index (χ2v) is 8.25. The molecule has 1 fully saturated rings. The van der Waals surface area contributed by atoms with Gasteiger partial charge in [-0.05, 0) is 30.5 Å². The van der Waals surface area contributed by atoms with Crippen molar-refractivity contribution in [2.24, 2.45) is 0 Å². The molecule has 1 aliphatic carbocycles. The number of nitrogens with one attached hydrogen (secondary N) is 1. The summed E-state index contributed by atoms with van der Waals surface area (Å²) in [6, 6.07) is 16.9. The van der Waals surface area contributed by atoms with Crippen LogP contribution in [0.5, 0.6) is 0 Å². The molecule has 0 bridgehead atoms. The predicted octanol–water partition coefficient (Wildman–Crippen LogP) is 4.81. The minimum absolute atomic E-state index is 0.135. The van der Waals surface area contributed by atoms with E-state index in [9.17, 15) is 10.1 Å². The van der Waals surface area contributed by atoms with E-state index in [-0.39, 0.29) is 18.2 Å². The Morgan fingerprint density at radius 1 is 1.18 bits per heavy atom. The van der Waals surface area contributed by atoms with Gasteiger partial charge in [0.1, 0.15) is 30.5 Å². The molecule has 4 aromatic rings. The summed E-state index contributed by atoms with van der Waals surface area (Å²) in [5.41, 5.74) is 9.74. The van der Waals surface area contributed by atoms with Gasteiger partial charge in [-0.25, -0.2) is 19.4 Å². The number of nitriles is 1. The van der Waals surface area contributed by atoms with Gasteiger partial charge >= 0.3 is 6.09 Å². The molecule has 2 aromatic heterocycles. The average Bonchev–Trinajstić information content (AvgIpc) is 3.52. The largest absolute Gasteiger partial charge is 0.444 e. The van der Waals surface area contributed by atoms with Crippen LogP contribution in [0.3, 0.4) is 0 Å². The molecule has 2 heterocycles. The zero-order chi connectivity index (χ0) is 23.5. The Morgan fingerprint density at radius 3 is 2.74 bits per heavy atom. The van der Waals surface area contributed by atoms with Crippen LogP contribution in [0.25, 0.3) is 22.3 Å². The van der Waals surface area contributed by atoms with E-state index < -0.39 is 6.09 Å². The summed E-state index contributed by atoms with van der Waals surface area (Å²) >= 11 is 0. The molecular formula is C25H23N7O2. The van der Waals surface area contributed by atoms with Crippen LogP contribution in [0.15, 0.2) is 54.9 Å². The van der Waals surface area contributed by atoms with Crippen molar-refractivity contribution in [3.63, 3.8) is 0 Å². The molecular weight excluding hydrogens is 430 g/mol. The summed E-state index contributed by atoms with van der Waals surface area (Å²) in [6.45, 7) is 0.135. The van der Waals surface area contributed by atoms with Gasteiger partial charge in [0.25, 0.3) is 0 Å². The van der Waals surface area contributed by atoms with Crippen LogP contribution in [0, 0.1) is 11.3 Å². The standard InChI is InChI=1S/C25H23N7O2/c26-13-18-12-17(10-11-20(18)30-25(33)34-14-16-6-2-1-3-7-16)22-21-23(27)28-15-29-24(21)32(31-22)19-8-4-5-9-19/h1-3,6-7,10-12,15,19H,4-5,8-9,14H2,(H,30,33)(H2,27,28,29). The molecule has 0 radical (unpaired) electrons. The predicted molar refractivity (Wildman–Crippen MR) is 128 cm³/mol. The quantitative estimate of drug-likeness (QED) is 0.443. The molecule has 9 nitrogen and oxygen atoms in total. The summed E-state index contributed by atoms with van der Waals surface area (Å²) in [7, 11) is 0. The van der Waals surface area contributed by atoms with Crippen molar-refractivity contribution >= 4 is 28.6 Å². The number of amides is 1. The van der Waals surface area contributed by atoms with Crippen LogP contribution in [0.1, 0.15) is 42.9 Å². The summed E-state index contributed by atoms with van der Waals surface area (Å²) < 4.78 is 7.21. The first-order valence-corrected chi connectivity index (χ1v) is 11.1. The van der Waals surface area contributed by atoms with E-state index in [0.717, 1.165) is 31.2 Å². The molecule has 0 atom stereocenters. The van der Waals surface area contributed by atoms with Crippen molar-refractivity contribution in [2.45, 2.75) is 38.3 Å². The Bertz CT molecular complexity index is 1390. The Balaban J connectivity index is 1.43. The van der Waals surface area contributed by atoms with E-state index >= 15 is 0 Å². The van der Waals surface area contributed by atoms with Gasteiger partial charge in [-0.3, -0.25) is 5.32 Å². The third-order valence-corrected chi connectivity index (χ3v) is 6.05. The van der Waals surface area contributed by atoms with Gasteiger partial charge in [-0.2, -0.15) is 10.4 Å². The van der Waals surface area contributed by atoms with Crippen molar-refractivity contribution in [3.8, 4) is 17.3 Å². The number of aromatic nitrogens is 4. The molecule has 1 aliphatic rings. The summed E-state index contributed by atoms with van der Waals surface area (Å²) in [5.74, 6) is 0.342. The van der Waals surface area contributed by atoms with Crippen LogP contribution in [0.4, 0.5) is 16.3 Å². The van der Waals surface area contributed by atoms with Gasteiger partial charge in [0.15, 0.2) is 5.65 Å². The fraction of sp³-hybridized carbons (Fsp3) is 0.240. The number of benzene rings is 2. The lowest BCUT2D eigenvalue weighted by atomic mass is 10.0. The highest BCUT2D eigenvalue weighted by molar-refractivity contribution is 5.99. The smallest absolute Gasteiger partial charge is 0.411 e. The van der Waals surface area contributed by atoms with Crippen LogP contribution < -0.4 is 11.1 Å². The molecule has 0 saturated heterocycles. The monoisotopic (exact) mass is 453 g/mol. The molecule has 1 amide bonds. The lowest BCUT2D eigenvalue weighted by Crippen LogP contribution is -2.14. The lowest BCUT2D eigenvalue weighted by molar-refractivity contribution is 0.155. The summed E-state index contributed by atoms with van der Waals surface area (Å²) in [4.78, 5) is 20.9. The van der Waals surface area contributed by atoms with Crippen LogP contribution >= 0.6 is 0 Å². The molecule has 3 N–H and O–H groups in total. The lowest BCUT2D eigenvalue weighted by Gasteiger charge is -2.10. The highest BCUT2D eigenvalue weighted by Gasteiger charge is 2.25. The topological polar surface area (TPSA) is 132 Å². The van der Waals surface area contributed by atoms with Crippen LogP contribution in [0.2, 0.25) is 0 Å². The Labute approximate surface area is 196 Å². The van der Waals surface area contributed by atoms with Crippen molar-refractivity contribution < 1.29 is 9.53 Å². The molecule has 0 unspecified atom stereocenters. The van der Waals surface area contributed by atoms with Crippen molar-refractivity contribution in [1.29, 1.82) is 5.26 Å². The molecule has 2 aromatic carbocycles. The van der Waals surface area contributed by atoms with E-state index in [1.54, 1.807) is 18.2 Å². The fourth-order valence-electron chi connectivity index (χ4n) is 4.36. The third kappa shape index (κ3) is 4.13. The molecule has 0 spiro atoms. The van der Waals surface area contributed by atoms with Crippen molar-refractivity contribution in [2.75, 3.05) is 11.1 Å². The Hall–Kier alpha value is -4.45. The zero-order valence-corrected chi connectivity index (χ0v) is 18.4. The zero-order valence-electron chi connectivity index (χ0n) is 18.4. The molecule has 0 aliphatic heterocycles. The Morgan fingerprint density at radius 2 is 1.97 bits per heavy atom. The SMILES string of the molecule is N#Cc1cc(-c2nn(C3CCCC3)c3ncnc(N)c23)ccc1NC(=O)OCc1ccccc1. The van der Waals surface area contributed by atoms with Crippen molar-refractivity contribution in [1.82, 2.24) is 19.7 Å². The van der Waals surface area contributed by atoms with Gasteiger partial charge in [0.2, 0.25) is 0 Å². The fourth-order valence-corrected chi connectivity index (χ4v) is 4.36. The van der Waals surface area contributed by atoms with Gasteiger partial charge in [-0.15, -0.1) is 0 Å². The number of fused-ring (bicyclic) bond motifs is 1. The second kappa shape index (κ2) is 9.19. The second-order valence-electron chi connectivity index (χ2n) is 8.25. The van der Waals surface area contributed by atoms with Crippen LogP contribution in [-0.2, 0) is 11.3 Å². The van der Waals surface area contributed by atoms with E-state index in [1.807, 2.05) is 35.0 Å². The number of hydrogen-bond donors (Lipinski definition) is 2. The number of nitrogens with zero attached hydrogens (tertiary/aromatic N) is 5. The highest BCUT2D eigenvalue weighted by Crippen LogP contribution is 2.37. The summed E-state index contributed by atoms with van der Waals surface area (Å²) in [6.07, 6.45) is 5.20. The third-order valence-electron chi connectivity index (χ3n) is 6.05. The van der Waals surface area contributed by atoms with E-state index in [4.69, 9.17) is 15.6 Å². The van der Waals surface area contributed by atoms with E-state index in [0.29, 0.717) is 33.8 Å². The number of anilines is 2. The minimum Gasteiger partial charge on any atom is -0.444 e. The first-order valence-electron chi connectivity index (χ1n) is 11.1.